The van der Waals surface area contributed by atoms with Crippen LogP contribution in [0.4, 0.5) is 18.9 Å². The molecule has 1 rings (SSSR count). The van der Waals surface area contributed by atoms with Gasteiger partial charge in [-0.1, -0.05) is 6.07 Å². The van der Waals surface area contributed by atoms with Gasteiger partial charge < -0.3 is 10.6 Å². The van der Waals surface area contributed by atoms with Gasteiger partial charge in [0.2, 0.25) is 0 Å². The predicted molar refractivity (Wildman–Crippen MR) is 63.1 cm³/mol. The molecule has 0 amide bonds. The summed E-state index contributed by atoms with van der Waals surface area (Å²) in [6.45, 7) is 1.31. The third kappa shape index (κ3) is 3.14. The van der Waals surface area contributed by atoms with Crippen molar-refractivity contribution in [1.29, 1.82) is 5.26 Å². The van der Waals surface area contributed by atoms with Crippen molar-refractivity contribution in [1.82, 2.24) is 0 Å². The molecule has 0 bridgehead atoms. The maximum Gasteiger partial charge on any atom is 0.410 e. The van der Waals surface area contributed by atoms with Crippen LogP contribution in [0, 0.1) is 11.3 Å². The second-order valence-corrected chi connectivity index (χ2v) is 4.12. The minimum atomic E-state index is -4.43. The molecule has 0 heterocycles. The van der Waals surface area contributed by atoms with Gasteiger partial charge in [0.15, 0.2) is 0 Å². The van der Waals surface area contributed by atoms with E-state index in [1.54, 1.807) is 6.07 Å². The Kier molecular flexibility index (Phi) is 4.19. The first-order valence-corrected chi connectivity index (χ1v) is 5.32. The van der Waals surface area contributed by atoms with E-state index in [4.69, 9.17) is 11.0 Å². The lowest BCUT2D eigenvalue weighted by molar-refractivity contribution is -0.151. The van der Waals surface area contributed by atoms with Crippen molar-refractivity contribution in [2.75, 3.05) is 11.9 Å². The highest BCUT2D eigenvalue weighted by Crippen LogP contribution is 2.29. The maximum atomic E-state index is 12.9. The first kappa shape index (κ1) is 14.3. The summed E-state index contributed by atoms with van der Waals surface area (Å²) in [6.07, 6.45) is -4.43. The maximum absolute atomic E-state index is 12.9. The summed E-state index contributed by atoms with van der Waals surface area (Å²) in [5.41, 5.74) is 6.03. The molecule has 0 aliphatic heterocycles. The van der Waals surface area contributed by atoms with Crippen molar-refractivity contribution >= 4 is 5.69 Å². The largest absolute Gasteiger partial charge is 0.410 e. The van der Waals surface area contributed by atoms with Gasteiger partial charge in [0, 0.05) is 18.8 Å². The van der Waals surface area contributed by atoms with Gasteiger partial charge in [0.05, 0.1) is 11.6 Å². The average Bonchev–Trinajstić information content (AvgIpc) is 2.26. The van der Waals surface area contributed by atoms with E-state index in [1.807, 2.05) is 6.07 Å². The molecular weight excluding hydrogens is 243 g/mol. The Bertz CT molecular complexity index is 449. The number of alkyl halides is 3. The lowest BCUT2D eigenvalue weighted by Gasteiger charge is -2.34. The molecule has 0 saturated heterocycles. The molecule has 1 aromatic rings. The average molecular weight is 257 g/mol. The first-order chi connectivity index (χ1) is 8.27. The molecule has 2 atom stereocenters. The van der Waals surface area contributed by atoms with Crippen LogP contribution >= 0.6 is 0 Å². The van der Waals surface area contributed by atoms with E-state index >= 15 is 0 Å². The highest BCUT2D eigenvalue weighted by Gasteiger charge is 2.44. The van der Waals surface area contributed by atoms with Crippen molar-refractivity contribution in [3.63, 3.8) is 0 Å². The molecule has 98 valence electrons. The van der Waals surface area contributed by atoms with Gasteiger partial charge in [-0.3, -0.25) is 0 Å². The van der Waals surface area contributed by atoms with E-state index in [0.29, 0.717) is 11.3 Å². The Morgan fingerprint density at radius 1 is 1.39 bits per heavy atom. The van der Waals surface area contributed by atoms with E-state index in [1.165, 1.54) is 32.2 Å². The number of nitrogens with two attached hydrogens (primary N) is 1. The van der Waals surface area contributed by atoms with Gasteiger partial charge in [-0.2, -0.15) is 18.4 Å². The molecule has 3 nitrogen and oxygen atoms in total. The fourth-order valence-corrected chi connectivity index (χ4v) is 1.83. The quantitative estimate of drug-likeness (QED) is 0.903. The van der Waals surface area contributed by atoms with Crippen LogP contribution in [0.25, 0.3) is 0 Å². The number of halogens is 3. The number of nitriles is 1. The van der Waals surface area contributed by atoms with Crippen molar-refractivity contribution < 1.29 is 13.2 Å². The van der Waals surface area contributed by atoms with Gasteiger partial charge in [-0.25, -0.2) is 0 Å². The van der Waals surface area contributed by atoms with Crippen LogP contribution in [0.2, 0.25) is 0 Å². The van der Waals surface area contributed by atoms with Crippen LogP contribution in [-0.2, 0) is 0 Å². The number of nitrogens with zero attached hydrogens (tertiary/aromatic N) is 2. The molecule has 18 heavy (non-hydrogen) atoms. The fourth-order valence-electron chi connectivity index (χ4n) is 1.83. The summed E-state index contributed by atoms with van der Waals surface area (Å²) in [4.78, 5) is 1.05. The summed E-state index contributed by atoms with van der Waals surface area (Å²) < 4.78 is 38.7. The van der Waals surface area contributed by atoms with Gasteiger partial charge in [-0.15, -0.1) is 0 Å². The number of rotatable bonds is 3. The SMILES string of the molecule is CC(N)C(N(C)c1cccc(C#N)c1)C(F)(F)F. The third-order valence-corrected chi connectivity index (χ3v) is 2.63. The monoisotopic (exact) mass is 257 g/mol. The van der Waals surface area contributed by atoms with Crippen LogP contribution in [0.3, 0.4) is 0 Å². The number of hydrogen-bond acceptors (Lipinski definition) is 3. The lowest BCUT2D eigenvalue weighted by Crippen LogP contribution is -2.53. The highest BCUT2D eigenvalue weighted by molar-refractivity contribution is 5.52. The molecule has 6 heteroatoms. The number of anilines is 1. The minimum absolute atomic E-state index is 0.310. The Morgan fingerprint density at radius 2 is 2.00 bits per heavy atom. The summed E-state index contributed by atoms with van der Waals surface area (Å²) in [7, 11) is 1.32. The second-order valence-electron chi connectivity index (χ2n) is 4.12. The van der Waals surface area contributed by atoms with Crippen molar-refractivity contribution in [2.45, 2.75) is 25.2 Å². The molecule has 0 aliphatic carbocycles. The summed E-state index contributed by atoms with van der Waals surface area (Å²) in [6, 6.07) is 5.03. The number of benzene rings is 1. The van der Waals surface area contributed by atoms with Crippen LogP contribution in [-0.4, -0.2) is 25.3 Å². The normalized spacial score (nSPS) is 14.7. The minimum Gasteiger partial charge on any atom is -0.362 e. The molecule has 1 aromatic carbocycles. The van der Waals surface area contributed by atoms with E-state index in [2.05, 4.69) is 0 Å². The van der Waals surface area contributed by atoms with E-state index in [0.717, 1.165) is 4.90 Å². The van der Waals surface area contributed by atoms with Crippen LogP contribution in [0.1, 0.15) is 12.5 Å². The van der Waals surface area contributed by atoms with E-state index in [9.17, 15) is 13.2 Å². The molecule has 0 fully saturated rings. The van der Waals surface area contributed by atoms with E-state index < -0.39 is 18.3 Å². The second kappa shape index (κ2) is 5.27. The van der Waals surface area contributed by atoms with Crippen LogP contribution in [0.5, 0.6) is 0 Å². The van der Waals surface area contributed by atoms with Crippen molar-refractivity contribution in [3.05, 3.63) is 29.8 Å². The molecular formula is C12H14F3N3. The van der Waals surface area contributed by atoms with Gasteiger partial charge >= 0.3 is 6.18 Å². The molecule has 0 radical (unpaired) electrons. The Labute approximate surface area is 104 Å². The standard InChI is InChI=1S/C12H14F3N3/c1-8(17)11(12(13,14)15)18(2)10-5-3-4-9(6-10)7-16/h3-6,8,11H,17H2,1-2H3. The Balaban J connectivity index is 3.10. The topological polar surface area (TPSA) is 53.0 Å². The third-order valence-electron chi connectivity index (χ3n) is 2.63. The number of likely N-dealkylation sites (N-methyl/N-ethyl adjacent to an activating group) is 1. The first-order valence-electron chi connectivity index (χ1n) is 5.32. The number of hydrogen-bond donors (Lipinski definition) is 1. The zero-order valence-corrected chi connectivity index (χ0v) is 10.1. The summed E-state index contributed by atoms with van der Waals surface area (Å²) >= 11 is 0. The van der Waals surface area contributed by atoms with Crippen molar-refractivity contribution in [3.8, 4) is 6.07 Å². The molecule has 0 aromatic heterocycles. The van der Waals surface area contributed by atoms with Gasteiger partial charge in [-0.05, 0) is 25.1 Å². The predicted octanol–water partition coefficient (Wildman–Crippen LogP) is 2.27. The van der Waals surface area contributed by atoms with Gasteiger partial charge in [0.1, 0.15) is 6.04 Å². The highest BCUT2D eigenvalue weighted by atomic mass is 19.4. The molecule has 2 N–H and O–H groups in total. The molecule has 2 unspecified atom stereocenters. The lowest BCUT2D eigenvalue weighted by atomic mass is 10.1. The fraction of sp³-hybridized carbons (Fsp3) is 0.417. The van der Waals surface area contributed by atoms with E-state index in [-0.39, 0.29) is 0 Å². The molecule has 0 saturated carbocycles. The Hall–Kier alpha value is -1.74. The van der Waals surface area contributed by atoms with Gasteiger partial charge in [0.25, 0.3) is 0 Å². The van der Waals surface area contributed by atoms with Crippen molar-refractivity contribution in [2.24, 2.45) is 5.73 Å². The molecule has 0 spiro atoms. The van der Waals surface area contributed by atoms with Crippen LogP contribution in [0.15, 0.2) is 24.3 Å². The molecule has 0 aliphatic rings. The summed E-state index contributed by atoms with van der Waals surface area (Å²) in [5.74, 6) is 0. The zero-order valence-electron chi connectivity index (χ0n) is 10.1. The zero-order chi connectivity index (χ0) is 13.9. The van der Waals surface area contributed by atoms with Crippen LogP contribution < -0.4 is 10.6 Å². The Morgan fingerprint density at radius 3 is 2.44 bits per heavy atom. The smallest absolute Gasteiger partial charge is 0.362 e. The summed E-state index contributed by atoms with van der Waals surface area (Å²) in [5, 5.41) is 8.74.